The highest BCUT2D eigenvalue weighted by atomic mass is 16.5. The van der Waals surface area contributed by atoms with Crippen LogP contribution in [0.4, 0.5) is 0 Å². The molecule has 0 bridgehead atoms. The molecule has 3 rings (SSSR count). The number of allylic oxidation sites excluding steroid dienone is 1. The summed E-state index contributed by atoms with van der Waals surface area (Å²) >= 11 is 0. The van der Waals surface area contributed by atoms with Gasteiger partial charge in [0.1, 0.15) is 12.1 Å². The number of ether oxygens (including phenoxy) is 2. The lowest BCUT2D eigenvalue weighted by molar-refractivity contribution is -0.142. The van der Waals surface area contributed by atoms with Crippen LogP contribution in [-0.4, -0.2) is 120 Å². The number of carbonyl (C=O) groups excluding carboxylic acids is 4. The highest BCUT2D eigenvalue weighted by Crippen LogP contribution is 2.35. The third-order valence-corrected chi connectivity index (χ3v) is 15.7. The monoisotopic (exact) mass is 1000 g/mol. The van der Waals surface area contributed by atoms with Gasteiger partial charge < -0.3 is 34.7 Å². The van der Waals surface area contributed by atoms with Crippen molar-refractivity contribution in [1.82, 2.24) is 15.1 Å². The second-order valence-electron chi connectivity index (χ2n) is 21.6. The second-order valence-corrected chi connectivity index (χ2v) is 21.6. The average molecular weight is 1000 g/mol. The number of carboxylic acid groups (broad SMARTS) is 2. The molecule has 72 heavy (non-hydrogen) atoms. The summed E-state index contributed by atoms with van der Waals surface area (Å²) in [6, 6.07) is 16.3. The number of aldehydes is 1. The van der Waals surface area contributed by atoms with E-state index in [1.807, 2.05) is 75.7 Å². The quantitative estimate of drug-likeness (QED) is 0.0442. The first-order valence-electron chi connectivity index (χ1n) is 26.9. The zero-order valence-electron chi connectivity index (χ0n) is 45.6. The number of nitrogens with one attached hydrogen (secondary N) is 1. The van der Waals surface area contributed by atoms with Gasteiger partial charge in [0.05, 0.1) is 41.8 Å². The third kappa shape index (κ3) is 19.0. The van der Waals surface area contributed by atoms with Crippen LogP contribution in [0.5, 0.6) is 0 Å². The molecule has 1 aliphatic heterocycles. The molecule has 2 unspecified atom stereocenters. The smallest absolute Gasteiger partial charge is 0.335 e. The van der Waals surface area contributed by atoms with Crippen molar-refractivity contribution in [2.75, 3.05) is 34.4 Å². The second kappa shape index (κ2) is 31.1. The number of unbranched alkanes of at least 4 members (excludes halogenated alkanes) is 1. The number of ketones is 1. The van der Waals surface area contributed by atoms with E-state index in [-0.39, 0.29) is 83.7 Å². The maximum absolute atomic E-state index is 14.4. The summed E-state index contributed by atoms with van der Waals surface area (Å²) in [5, 5.41) is 21.6. The van der Waals surface area contributed by atoms with E-state index < -0.39 is 35.5 Å². The number of amides is 2. The van der Waals surface area contributed by atoms with Gasteiger partial charge in [0.15, 0.2) is 0 Å². The molecule has 0 aromatic heterocycles. The van der Waals surface area contributed by atoms with Crippen molar-refractivity contribution in [2.24, 2.45) is 41.4 Å². The van der Waals surface area contributed by atoms with Crippen LogP contribution < -0.4 is 5.32 Å². The summed E-state index contributed by atoms with van der Waals surface area (Å²) in [6.07, 6.45) is 12.9. The van der Waals surface area contributed by atoms with Crippen molar-refractivity contribution < 1.29 is 48.5 Å². The molecule has 1 saturated heterocycles. The Bertz CT molecular complexity index is 2010. The molecule has 0 aliphatic carbocycles. The van der Waals surface area contributed by atoms with Gasteiger partial charge in [0.25, 0.3) is 0 Å². The maximum atomic E-state index is 14.4. The van der Waals surface area contributed by atoms with Crippen LogP contribution in [-0.2, 0) is 39.9 Å². The van der Waals surface area contributed by atoms with Crippen molar-refractivity contribution in [3.63, 3.8) is 0 Å². The predicted octanol–water partition coefficient (Wildman–Crippen LogP) is 10.4. The SMILES string of the molecule is CC[C@H](C)C(CCC(C)C[C@](C=O)(NC(=O)[C@H](C(C)C)N(C)CCCCC(=O)O)C(C)C)[C@@H](CC(=O)N1CCC[C@H]1[C@H](OC)[C@@H](C)C(=O)CCC[C@H](/C=C/c1ccc(C(=O)O)cc1)Cc1ccccc1)OC. The van der Waals surface area contributed by atoms with Crippen LogP contribution in [0.2, 0.25) is 0 Å². The molecular weight excluding hydrogens is 911 g/mol. The molecule has 1 heterocycles. The molecule has 10 atom stereocenters. The molecule has 13 nitrogen and oxygen atoms in total. The van der Waals surface area contributed by atoms with Gasteiger partial charge in [-0.1, -0.05) is 123 Å². The number of carbonyl (C=O) groups is 6. The van der Waals surface area contributed by atoms with E-state index in [9.17, 15) is 33.9 Å². The van der Waals surface area contributed by atoms with Crippen molar-refractivity contribution in [1.29, 1.82) is 0 Å². The fraction of sp³-hybridized carbons (Fsp3) is 0.661. The van der Waals surface area contributed by atoms with Crippen molar-refractivity contribution >= 4 is 41.9 Å². The van der Waals surface area contributed by atoms with Crippen molar-refractivity contribution in [3.05, 3.63) is 77.4 Å². The van der Waals surface area contributed by atoms with Gasteiger partial charge >= 0.3 is 11.9 Å². The van der Waals surface area contributed by atoms with Gasteiger partial charge in [0.2, 0.25) is 11.8 Å². The summed E-state index contributed by atoms with van der Waals surface area (Å²) in [7, 11) is 5.19. The highest BCUT2D eigenvalue weighted by molar-refractivity contribution is 5.88. The Hall–Kier alpha value is -4.72. The Labute approximate surface area is 432 Å². The van der Waals surface area contributed by atoms with E-state index >= 15 is 0 Å². The van der Waals surface area contributed by atoms with Crippen LogP contribution in [0.25, 0.3) is 6.08 Å². The molecule has 2 amide bonds. The normalized spacial score (nSPS) is 18.3. The van der Waals surface area contributed by atoms with Crippen LogP contribution in [0.3, 0.4) is 0 Å². The molecular formula is C59H91N3O10. The molecule has 0 spiro atoms. The first-order valence-corrected chi connectivity index (χ1v) is 26.9. The summed E-state index contributed by atoms with van der Waals surface area (Å²) in [4.78, 5) is 81.7. The minimum Gasteiger partial charge on any atom is -0.481 e. The van der Waals surface area contributed by atoms with Crippen LogP contribution in [0.1, 0.15) is 160 Å². The van der Waals surface area contributed by atoms with E-state index in [1.54, 1.807) is 38.5 Å². The fourth-order valence-corrected chi connectivity index (χ4v) is 11.0. The molecule has 13 heteroatoms. The van der Waals surface area contributed by atoms with Crippen LogP contribution in [0.15, 0.2) is 60.7 Å². The number of benzene rings is 2. The predicted molar refractivity (Wildman–Crippen MR) is 286 cm³/mol. The summed E-state index contributed by atoms with van der Waals surface area (Å²) in [5.41, 5.74) is 1.27. The first-order chi connectivity index (χ1) is 34.2. The van der Waals surface area contributed by atoms with Gasteiger partial charge in [-0.05, 0) is 130 Å². The van der Waals surface area contributed by atoms with Crippen LogP contribution in [0, 0.1) is 41.4 Å². The number of aliphatic carboxylic acids is 1. The molecule has 2 aromatic carbocycles. The van der Waals surface area contributed by atoms with E-state index in [4.69, 9.17) is 14.6 Å². The zero-order valence-corrected chi connectivity index (χ0v) is 45.6. The van der Waals surface area contributed by atoms with Gasteiger partial charge in [0, 0.05) is 39.5 Å². The topological polar surface area (TPSA) is 180 Å². The number of likely N-dealkylation sites (tertiary alicyclic amines) is 1. The maximum Gasteiger partial charge on any atom is 0.335 e. The van der Waals surface area contributed by atoms with Crippen molar-refractivity contribution in [3.8, 4) is 0 Å². The Morgan fingerprint density at radius 3 is 2.12 bits per heavy atom. The van der Waals surface area contributed by atoms with Gasteiger partial charge in [-0.25, -0.2) is 4.79 Å². The Morgan fingerprint density at radius 1 is 0.875 bits per heavy atom. The molecule has 0 radical (unpaired) electrons. The lowest BCUT2D eigenvalue weighted by Crippen LogP contribution is -2.60. The van der Waals surface area contributed by atoms with E-state index in [0.29, 0.717) is 45.2 Å². The number of carboxylic acids is 2. The Morgan fingerprint density at radius 2 is 1.56 bits per heavy atom. The molecule has 3 N–H and O–H groups in total. The summed E-state index contributed by atoms with van der Waals surface area (Å²) < 4.78 is 12.3. The van der Waals surface area contributed by atoms with Gasteiger partial charge in [-0.15, -0.1) is 0 Å². The summed E-state index contributed by atoms with van der Waals surface area (Å²) in [5.74, 6) is -1.99. The number of nitrogens with zero attached hydrogens (tertiary/aromatic N) is 2. The van der Waals surface area contributed by atoms with Gasteiger partial charge in [-0.2, -0.15) is 0 Å². The summed E-state index contributed by atoms with van der Waals surface area (Å²) in [6.45, 7) is 17.4. The minimum atomic E-state index is -1.08. The number of hydrogen-bond donors (Lipinski definition) is 3. The van der Waals surface area contributed by atoms with E-state index in [0.717, 1.165) is 56.8 Å². The van der Waals surface area contributed by atoms with Gasteiger partial charge in [-0.3, -0.25) is 24.1 Å². The largest absolute Gasteiger partial charge is 0.481 e. The number of hydrogen-bond acceptors (Lipinski definition) is 9. The lowest BCUT2D eigenvalue weighted by Gasteiger charge is -2.39. The average Bonchev–Trinajstić information content (AvgIpc) is 3.83. The third-order valence-electron chi connectivity index (χ3n) is 15.7. The number of Topliss-reactive ketones (excluding diaryl/α,β-unsaturated/α-hetero) is 1. The molecule has 0 saturated carbocycles. The number of aromatic carboxylic acids is 1. The molecule has 1 aliphatic rings. The Balaban J connectivity index is 1.67. The number of methoxy groups -OCH3 is 2. The first kappa shape index (κ1) is 61.6. The standard InChI is InChI=1S/C59H91N3O10/c1-12-43(7)49(33-26-42(6)38-59(39-63,41(4)5)60-57(68)55(40(2)3)61(9)34-17-16-25-54(66)67)52(71-10)37-53(65)62-35-19-23-50(62)56(72-11)44(8)51(64)24-18-22-47(36-46-20-14-13-15-21-46)28-27-45-29-31-48(32-30-45)58(69)70/h13-15,20-21,27-32,39-44,47,49-50,52,55-56H,12,16-19,22-26,33-38H2,1-11H3,(H,60,68)(H,66,67)(H,69,70)/b28-27+/t42?,43-,44-,47+,49?,50-,52+,55-,56+,59+/m0/s1. The minimum absolute atomic E-state index is 0.00501. The number of rotatable bonds is 35. The van der Waals surface area contributed by atoms with Crippen molar-refractivity contribution in [2.45, 2.75) is 175 Å². The fourth-order valence-electron chi connectivity index (χ4n) is 11.0. The highest BCUT2D eigenvalue weighted by Gasteiger charge is 2.42. The molecule has 1 fully saturated rings. The Kier molecular flexibility index (Phi) is 26.6. The van der Waals surface area contributed by atoms with Crippen LogP contribution >= 0.6 is 0 Å². The van der Waals surface area contributed by atoms with E-state index in [1.165, 1.54) is 5.56 Å². The molecule has 402 valence electrons. The number of likely N-dealkylation sites (N-methyl/N-ethyl adjacent to an activating group) is 1. The lowest BCUT2D eigenvalue weighted by atomic mass is 9.76. The zero-order chi connectivity index (χ0) is 53.5. The van der Waals surface area contributed by atoms with E-state index in [2.05, 4.69) is 44.3 Å². The molecule has 2 aromatic rings.